The first-order chi connectivity index (χ1) is 9.38. The number of aliphatic imine (C=N–C) groups is 1. The van der Waals surface area contributed by atoms with Crippen molar-refractivity contribution >= 4 is 27.9 Å². The molecule has 0 aromatic heterocycles. The Balaban J connectivity index is 4.21. The van der Waals surface area contributed by atoms with E-state index < -0.39 is 36.7 Å². The Kier molecular flexibility index (Phi) is 10.1. The fourth-order valence-electron chi connectivity index (χ4n) is 0.792. The molecular weight excluding hydrogens is 326 g/mol. The normalized spacial score (nSPS) is 9.65. The molecule has 0 unspecified atom stereocenters. The number of nitriles is 1. The smallest absolute Gasteiger partial charge is 0.206 e. The van der Waals surface area contributed by atoms with Gasteiger partial charge in [-0.25, -0.2) is 8.78 Å². The molecule has 0 spiro atoms. The molecule has 0 aliphatic heterocycles. The van der Waals surface area contributed by atoms with E-state index in [2.05, 4.69) is 4.99 Å². The van der Waals surface area contributed by atoms with E-state index in [1.54, 1.807) is 0 Å². The predicted molar refractivity (Wildman–Crippen MR) is 67.9 cm³/mol. The maximum atomic E-state index is 12.5. The summed E-state index contributed by atoms with van der Waals surface area (Å²) in [4.78, 5) is 3.30. The molecule has 0 saturated heterocycles. The van der Waals surface area contributed by atoms with Gasteiger partial charge in [0.25, 0.3) is 0 Å². The lowest BCUT2D eigenvalue weighted by molar-refractivity contribution is 0.373. The monoisotopic (exact) mass is 334 g/mol. The number of halogens is 6. The highest BCUT2D eigenvalue weighted by atomic mass is 32.2. The molecule has 2 nitrogen and oxygen atoms in total. The van der Waals surface area contributed by atoms with E-state index in [-0.39, 0.29) is 15.9 Å². The average Bonchev–Trinajstić information content (AvgIpc) is 2.37. The van der Waals surface area contributed by atoms with Crippen LogP contribution in [0.4, 0.5) is 26.3 Å². The minimum Gasteiger partial charge on any atom is -0.206 e. The van der Waals surface area contributed by atoms with Gasteiger partial charge in [-0.2, -0.15) is 27.8 Å². The van der Waals surface area contributed by atoms with Crippen LogP contribution >= 0.6 is 23.5 Å². The minimum atomic E-state index is -2.41. The first-order valence-corrected chi connectivity index (χ1v) is 6.97. The summed E-state index contributed by atoms with van der Waals surface area (Å²) in [6.45, 7) is 0. The molecule has 0 amide bonds. The van der Waals surface area contributed by atoms with Gasteiger partial charge in [0, 0.05) is 24.3 Å². The average molecular weight is 334 g/mol. The zero-order chi connectivity index (χ0) is 15.5. The number of rotatable bonds is 6. The highest BCUT2D eigenvalue weighted by Crippen LogP contribution is 2.24. The van der Waals surface area contributed by atoms with Crippen molar-refractivity contribution in [1.29, 1.82) is 5.26 Å². The van der Waals surface area contributed by atoms with Gasteiger partial charge in [-0.15, -0.1) is 0 Å². The Morgan fingerprint density at radius 3 is 1.55 bits per heavy atom. The first kappa shape index (κ1) is 18.9. The lowest BCUT2D eigenvalue weighted by Gasteiger charge is -2.02. The molecule has 20 heavy (non-hydrogen) atoms. The predicted octanol–water partition coefficient (Wildman–Crippen LogP) is 5.23. The standard InChI is InChI=1S/C10H8F6N2S2/c11-6(8(13)14)1-3-19-10(18-5-17)20-4-2-7(12)9(15)16/h1-4H2. The minimum absolute atomic E-state index is 0.0756. The Labute approximate surface area is 119 Å². The fraction of sp³-hybridized carbons (Fsp3) is 0.400. The Morgan fingerprint density at radius 2 is 1.25 bits per heavy atom. The largest absolute Gasteiger partial charge is 0.301 e. The topological polar surface area (TPSA) is 36.1 Å². The third-order valence-corrected chi connectivity index (χ3v) is 3.85. The summed E-state index contributed by atoms with van der Waals surface area (Å²) < 4.78 is 72.1. The van der Waals surface area contributed by atoms with E-state index in [0.717, 1.165) is 23.5 Å². The molecule has 0 aromatic carbocycles. The van der Waals surface area contributed by atoms with Crippen molar-refractivity contribution in [2.75, 3.05) is 11.5 Å². The summed E-state index contributed by atoms with van der Waals surface area (Å²) >= 11 is 1.62. The van der Waals surface area contributed by atoms with E-state index in [4.69, 9.17) is 5.26 Å². The van der Waals surface area contributed by atoms with Crippen molar-refractivity contribution in [3.63, 3.8) is 0 Å². The van der Waals surface area contributed by atoms with E-state index in [9.17, 15) is 26.3 Å². The van der Waals surface area contributed by atoms with Crippen LogP contribution in [0.15, 0.2) is 28.8 Å². The Morgan fingerprint density at radius 1 is 0.850 bits per heavy atom. The second kappa shape index (κ2) is 10.7. The van der Waals surface area contributed by atoms with Crippen LogP contribution in [-0.2, 0) is 0 Å². The van der Waals surface area contributed by atoms with Crippen LogP contribution in [0.3, 0.4) is 0 Å². The van der Waals surface area contributed by atoms with Crippen LogP contribution in [0.2, 0.25) is 0 Å². The number of nitrogens with zero attached hydrogens (tertiary/aromatic N) is 2. The van der Waals surface area contributed by atoms with Crippen LogP contribution in [-0.4, -0.2) is 15.9 Å². The van der Waals surface area contributed by atoms with Gasteiger partial charge in [-0.05, 0) is 0 Å². The van der Waals surface area contributed by atoms with E-state index in [0.29, 0.717) is 0 Å². The first-order valence-electron chi connectivity index (χ1n) is 5.00. The molecule has 0 aliphatic carbocycles. The fourth-order valence-corrected chi connectivity index (χ4v) is 2.75. The van der Waals surface area contributed by atoms with Gasteiger partial charge >= 0.3 is 12.2 Å². The maximum Gasteiger partial charge on any atom is 0.301 e. The van der Waals surface area contributed by atoms with Gasteiger partial charge in [0.2, 0.25) is 6.19 Å². The SMILES string of the molecule is N#CN=C(SCCC(F)=C(F)F)SCCC(F)=C(F)F. The molecular formula is C10H8F6N2S2. The lowest BCUT2D eigenvalue weighted by Crippen LogP contribution is -1.93. The van der Waals surface area contributed by atoms with Crippen molar-refractivity contribution in [3.8, 4) is 6.19 Å². The molecule has 0 heterocycles. The zero-order valence-corrected chi connectivity index (χ0v) is 11.4. The van der Waals surface area contributed by atoms with Crippen LogP contribution in [0.25, 0.3) is 0 Å². The van der Waals surface area contributed by atoms with Gasteiger partial charge in [-0.1, -0.05) is 23.5 Å². The summed E-state index contributed by atoms with van der Waals surface area (Å²) in [7, 11) is 0. The Bertz CT molecular complexity index is 415. The van der Waals surface area contributed by atoms with Gasteiger partial charge in [0.1, 0.15) is 4.38 Å². The van der Waals surface area contributed by atoms with Crippen molar-refractivity contribution in [2.24, 2.45) is 4.99 Å². The molecule has 0 bridgehead atoms. The zero-order valence-electron chi connectivity index (χ0n) is 9.81. The molecule has 0 saturated carbocycles. The molecule has 0 aromatic rings. The van der Waals surface area contributed by atoms with Crippen LogP contribution in [0.5, 0.6) is 0 Å². The summed E-state index contributed by atoms with van der Waals surface area (Å²) in [5, 5.41) is 8.36. The number of allylic oxidation sites excluding steroid dienone is 2. The summed E-state index contributed by atoms with van der Waals surface area (Å²) in [6.07, 6.45) is -4.50. The molecule has 0 fully saturated rings. The van der Waals surface area contributed by atoms with Crippen molar-refractivity contribution in [3.05, 3.63) is 23.8 Å². The quantitative estimate of drug-likeness (QED) is 0.289. The lowest BCUT2D eigenvalue weighted by atomic mass is 10.4. The highest BCUT2D eigenvalue weighted by molar-refractivity contribution is 8.38. The van der Waals surface area contributed by atoms with E-state index in [1.807, 2.05) is 0 Å². The Hall–Kier alpha value is -1.08. The van der Waals surface area contributed by atoms with Crippen LogP contribution < -0.4 is 0 Å². The molecule has 0 radical (unpaired) electrons. The number of hydrogen-bond donors (Lipinski definition) is 0. The second-order valence-electron chi connectivity index (χ2n) is 3.01. The maximum absolute atomic E-state index is 12.5. The molecule has 0 rings (SSSR count). The van der Waals surface area contributed by atoms with Crippen molar-refractivity contribution < 1.29 is 26.3 Å². The summed E-state index contributed by atoms with van der Waals surface area (Å²) in [5.74, 6) is -3.33. The second-order valence-corrected chi connectivity index (χ2v) is 5.43. The van der Waals surface area contributed by atoms with Crippen molar-refractivity contribution in [2.45, 2.75) is 12.8 Å². The highest BCUT2D eigenvalue weighted by Gasteiger charge is 2.09. The van der Waals surface area contributed by atoms with E-state index in [1.165, 1.54) is 6.19 Å². The van der Waals surface area contributed by atoms with Gasteiger partial charge in [0.15, 0.2) is 11.7 Å². The van der Waals surface area contributed by atoms with Crippen LogP contribution in [0.1, 0.15) is 12.8 Å². The molecule has 0 atom stereocenters. The van der Waals surface area contributed by atoms with Gasteiger partial charge in [0.05, 0.1) is 0 Å². The molecule has 112 valence electrons. The summed E-state index contributed by atoms with van der Waals surface area (Å²) in [6, 6.07) is 0. The molecule has 0 N–H and O–H groups in total. The molecule has 0 aliphatic rings. The van der Waals surface area contributed by atoms with Crippen molar-refractivity contribution in [1.82, 2.24) is 0 Å². The van der Waals surface area contributed by atoms with Gasteiger partial charge < -0.3 is 0 Å². The van der Waals surface area contributed by atoms with Gasteiger partial charge in [-0.3, -0.25) is 0 Å². The summed E-state index contributed by atoms with van der Waals surface area (Å²) in [5.41, 5.74) is 0. The van der Waals surface area contributed by atoms with Crippen LogP contribution in [0, 0.1) is 11.5 Å². The number of thioether (sulfide) groups is 2. The molecule has 10 heteroatoms. The van der Waals surface area contributed by atoms with E-state index >= 15 is 0 Å². The third kappa shape index (κ3) is 8.92. The number of hydrogen-bond acceptors (Lipinski definition) is 4. The third-order valence-electron chi connectivity index (χ3n) is 1.65.